The zero-order valence-electron chi connectivity index (χ0n) is 17.7. The van der Waals surface area contributed by atoms with E-state index >= 15 is 0 Å². The summed E-state index contributed by atoms with van der Waals surface area (Å²) < 4.78 is 78.3. The predicted molar refractivity (Wildman–Crippen MR) is 113 cm³/mol. The zero-order chi connectivity index (χ0) is 24.9. The summed E-state index contributed by atoms with van der Waals surface area (Å²) in [4.78, 5) is 24.3. The lowest BCUT2D eigenvalue weighted by molar-refractivity contribution is -0.137. The van der Waals surface area contributed by atoms with Gasteiger partial charge >= 0.3 is 24.4 Å². The van der Waals surface area contributed by atoms with Crippen LogP contribution in [0.2, 0.25) is 0 Å². The average molecular weight is 488 g/mol. The molecule has 0 radical (unpaired) electrons. The maximum Gasteiger partial charge on any atom is 0.418 e. The summed E-state index contributed by atoms with van der Waals surface area (Å²) in [6, 6.07) is 7.00. The van der Waals surface area contributed by atoms with Gasteiger partial charge in [-0.2, -0.15) is 26.3 Å². The largest absolute Gasteiger partial charge is 0.418 e. The van der Waals surface area contributed by atoms with Crippen LogP contribution < -0.4 is 21.3 Å². The van der Waals surface area contributed by atoms with E-state index in [4.69, 9.17) is 0 Å². The minimum Gasteiger partial charge on any atom is -0.335 e. The number of hydrogen-bond donors (Lipinski definition) is 4. The molecular weight excluding hydrogens is 466 g/mol. The highest BCUT2D eigenvalue weighted by molar-refractivity contribution is 5.91. The maximum atomic E-state index is 13.1. The number of carbonyl (C=O) groups is 2. The van der Waals surface area contributed by atoms with Crippen LogP contribution in [0.1, 0.15) is 36.8 Å². The fourth-order valence-corrected chi connectivity index (χ4v) is 3.75. The standard InChI is InChI=1S/C22H22F6N4O2/c23-21(24,25)15-5-1-3-7-17(15)31-19(33)29-13-9-11-14(12-10-13)30-20(34)32-18-8-4-2-6-16(18)22(26,27)28/h1-8,13-14H,9-12H2,(H2,29,31,33)(H2,30,32,34). The molecule has 0 spiro atoms. The first-order valence-electron chi connectivity index (χ1n) is 10.4. The van der Waals surface area contributed by atoms with Crippen molar-refractivity contribution in [1.82, 2.24) is 10.6 Å². The number of urea groups is 2. The van der Waals surface area contributed by atoms with Gasteiger partial charge in [0.15, 0.2) is 0 Å². The highest BCUT2D eigenvalue weighted by Crippen LogP contribution is 2.35. The first-order valence-corrected chi connectivity index (χ1v) is 10.4. The Hall–Kier alpha value is -3.44. The Kier molecular flexibility index (Phi) is 7.57. The van der Waals surface area contributed by atoms with Crippen molar-refractivity contribution >= 4 is 23.4 Å². The van der Waals surface area contributed by atoms with Crippen LogP contribution in [0, 0.1) is 0 Å². The molecule has 34 heavy (non-hydrogen) atoms. The summed E-state index contributed by atoms with van der Waals surface area (Å²) in [5.41, 5.74) is -2.65. The molecule has 1 saturated carbocycles. The molecule has 4 amide bonds. The van der Waals surface area contributed by atoms with Crippen LogP contribution in [0.15, 0.2) is 48.5 Å². The molecule has 0 heterocycles. The summed E-state index contributed by atoms with van der Waals surface area (Å²) in [6.07, 6.45) is -7.52. The molecule has 0 atom stereocenters. The lowest BCUT2D eigenvalue weighted by Crippen LogP contribution is -2.46. The number of nitrogens with one attached hydrogen (secondary N) is 4. The molecule has 3 rings (SSSR count). The molecule has 1 aliphatic rings. The molecular formula is C22H22F6N4O2. The summed E-state index contributed by atoms with van der Waals surface area (Å²) in [5, 5.41) is 9.65. The minimum absolute atomic E-state index is 0.329. The smallest absolute Gasteiger partial charge is 0.335 e. The zero-order valence-corrected chi connectivity index (χ0v) is 17.7. The van der Waals surface area contributed by atoms with Crippen LogP contribution in [0.3, 0.4) is 0 Å². The number of carbonyl (C=O) groups excluding carboxylic acids is 2. The Morgan fingerprint density at radius 2 is 0.941 bits per heavy atom. The summed E-state index contributed by atoms with van der Waals surface area (Å²) in [5.74, 6) is 0. The summed E-state index contributed by atoms with van der Waals surface area (Å²) in [7, 11) is 0. The van der Waals surface area contributed by atoms with Gasteiger partial charge in [-0.25, -0.2) is 9.59 Å². The lowest BCUT2D eigenvalue weighted by Gasteiger charge is -2.30. The predicted octanol–water partition coefficient (Wildman–Crippen LogP) is 5.98. The third kappa shape index (κ3) is 6.78. The molecule has 0 aromatic heterocycles. The van der Waals surface area contributed by atoms with E-state index in [9.17, 15) is 35.9 Å². The van der Waals surface area contributed by atoms with E-state index in [1.807, 2.05) is 0 Å². The van der Waals surface area contributed by atoms with Gasteiger partial charge in [0, 0.05) is 12.1 Å². The van der Waals surface area contributed by atoms with Crippen LogP contribution >= 0.6 is 0 Å². The van der Waals surface area contributed by atoms with Crippen LogP contribution in [0.25, 0.3) is 0 Å². The highest BCUT2D eigenvalue weighted by Gasteiger charge is 2.35. The second-order valence-electron chi connectivity index (χ2n) is 7.83. The van der Waals surface area contributed by atoms with E-state index in [1.165, 1.54) is 24.3 Å². The van der Waals surface area contributed by atoms with E-state index in [1.54, 1.807) is 0 Å². The van der Waals surface area contributed by atoms with Crippen molar-refractivity contribution in [2.75, 3.05) is 10.6 Å². The van der Waals surface area contributed by atoms with Crippen molar-refractivity contribution in [1.29, 1.82) is 0 Å². The molecule has 0 saturated heterocycles. The summed E-state index contributed by atoms with van der Waals surface area (Å²) in [6.45, 7) is 0. The first-order chi connectivity index (χ1) is 15.9. The Morgan fingerprint density at radius 1 is 0.618 bits per heavy atom. The molecule has 2 aromatic carbocycles. The fourth-order valence-electron chi connectivity index (χ4n) is 3.75. The normalized spacial score (nSPS) is 18.6. The molecule has 4 N–H and O–H groups in total. The Bertz CT molecular complexity index is 935. The number of halogens is 6. The molecule has 184 valence electrons. The second kappa shape index (κ2) is 10.2. The highest BCUT2D eigenvalue weighted by atomic mass is 19.4. The van der Waals surface area contributed by atoms with Crippen LogP contribution in [0.4, 0.5) is 47.3 Å². The van der Waals surface area contributed by atoms with Gasteiger partial charge in [-0.1, -0.05) is 24.3 Å². The molecule has 0 bridgehead atoms. The van der Waals surface area contributed by atoms with Crippen molar-refractivity contribution < 1.29 is 35.9 Å². The van der Waals surface area contributed by atoms with Crippen molar-refractivity contribution in [3.8, 4) is 0 Å². The number of hydrogen-bond acceptors (Lipinski definition) is 2. The van der Waals surface area contributed by atoms with Crippen molar-refractivity contribution in [3.63, 3.8) is 0 Å². The Morgan fingerprint density at radius 3 is 1.26 bits per heavy atom. The van der Waals surface area contributed by atoms with Crippen LogP contribution in [-0.2, 0) is 12.4 Å². The Labute approximate surface area is 191 Å². The molecule has 0 aliphatic heterocycles. The molecule has 0 unspecified atom stereocenters. The fraction of sp³-hybridized carbons (Fsp3) is 0.364. The number of benzene rings is 2. The maximum absolute atomic E-state index is 13.1. The number of anilines is 2. The average Bonchev–Trinajstić information content (AvgIpc) is 2.74. The van der Waals surface area contributed by atoms with E-state index in [-0.39, 0.29) is 23.5 Å². The lowest BCUT2D eigenvalue weighted by atomic mass is 9.91. The quantitative estimate of drug-likeness (QED) is 0.400. The SMILES string of the molecule is O=C(Nc1ccccc1C(F)(F)F)NC1CCC(NC(=O)Nc2ccccc2C(F)(F)F)CC1. The topological polar surface area (TPSA) is 82.3 Å². The van der Waals surface area contributed by atoms with Crippen molar-refractivity contribution in [2.45, 2.75) is 50.1 Å². The van der Waals surface area contributed by atoms with E-state index in [0.29, 0.717) is 25.7 Å². The number of alkyl halides is 6. The minimum atomic E-state index is -4.62. The number of rotatable bonds is 4. The third-order valence-electron chi connectivity index (χ3n) is 5.36. The van der Waals surface area contributed by atoms with Gasteiger partial charge in [0.25, 0.3) is 0 Å². The van der Waals surface area contributed by atoms with Gasteiger partial charge in [0.05, 0.1) is 22.5 Å². The van der Waals surface area contributed by atoms with Gasteiger partial charge < -0.3 is 21.3 Å². The summed E-state index contributed by atoms with van der Waals surface area (Å²) >= 11 is 0. The number of para-hydroxylation sites is 2. The molecule has 1 aliphatic carbocycles. The van der Waals surface area contributed by atoms with Crippen LogP contribution in [-0.4, -0.2) is 24.1 Å². The van der Waals surface area contributed by atoms with E-state index in [0.717, 1.165) is 24.3 Å². The van der Waals surface area contributed by atoms with Gasteiger partial charge in [-0.3, -0.25) is 0 Å². The second-order valence-corrected chi connectivity index (χ2v) is 7.83. The molecule has 12 heteroatoms. The monoisotopic (exact) mass is 488 g/mol. The Balaban J connectivity index is 1.47. The van der Waals surface area contributed by atoms with E-state index < -0.39 is 35.5 Å². The molecule has 6 nitrogen and oxygen atoms in total. The van der Waals surface area contributed by atoms with Crippen LogP contribution in [0.5, 0.6) is 0 Å². The third-order valence-corrected chi connectivity index (χ3v) is 5.36. The number of amides is 4. The van der Waals surface area contributed by atoms with Crippen molar-refractivity contribution in [3.05, 3.63) is 59.7 Å². The van der Waals surface area contributed by atoms with Gasteiger partial charge in [0.2, 0.25) is 0 Å². The van der Waals surface area contributed by atoms with E-state index in [2.05, 4.69) is 21.3 Å². The van der Waals surface area contributed by atoms with Gasteiger partial charge in [0.1, 0.15) is 0 Å². The molecule has 2 aromatic rings. The first kappa shape index (κ1) is 25.2. The van der Waals surface area contributed by atoms with Crippen molar-refractivity contribution in [2.24, 2.45) is 0 Å². The molecule has 1 fully saturated rings. The van der Waals surface area contributed by atoms with Gasteiger partial charge in [-0.15, -0.1) is 0 Å². The van der Waals surface area contributed by atoms with Gasteiger partial charge in [-0.05, 0) is 49.9 Å².